The Hall–Kier alpha value is -2.29. The van der Waals surface area contributed by atoms with Crippen LogP contribution in [0.15, 0.2) is 48.5 Å². The molecular weight excluding hydrogens is 346 g/mol. The van der Waals surface area contributed by atoms with Gasteiger partial charge in [0, 0.05) is 13.1 Å². The van der Waals surface area contributed by atoms with Crippen LogP contribution in [0.5, 0.6) is 5.75 Å². The maximum absolute atomic E-state index is 12.9. The summed E-state index contributed by atoms with van der Waals surface area (Å²) in [6, 6.07) is 16.9. The third kappa shape index (κ3) is 5.15. The average molecular weight is 380 g/mol. The maximum Gasteiger partial charge on any atom is 0.263 e. The van der Waals surface area contributed by atoms with E-state index < -0.39 is 6.10 Å². The average Bonchev–Trinajstić information content (AvgIpc) is 2.68. The van der Waals surface area contributed by atoms with Gasteiger partial charge in [0.1, 0.15) is 5.75 Å². The van der Waals surface area contributed by atoms with Gasteiger partial charge < -0.3 is 9.64 Å². The number of carbonyl (C=O) groups is 1. The second-order valence-electron chi connectivity index (χ2n) is 8.41. The highest BCUT2D eigenvalue weighted by Gasteiger charge is 2.27. The van der Waals surface area contributed by atoms with Gasteiger partial charge >= 0.3 is 0 Å². The summed E-state index contributed by atoms with van der Waals surface area (Å²) in [6.45, 7) is 9.90. The van der Waals surface area contributed by atoms with Crippen LogP contribution in [0.2, 0.25) is 0 Å². The molecule has 0 spiro atoms. The van der Waals surface area contributed by atoms with E-state index in [1.165, 1.54) is 5.56 Å². The number of carbonyl (C=O) groups excluding carboxylic acids is 1. The van der Waals surface area contributed by atoms with Gasteiger partial charge in [-0.25, -0.2) is 0 Å². The van der Waals surface area contributed by atoms with Gasteiger partial charge in [0.05, 0.1) is 0 Å². The van der Waals surface area contributed by atoms with Crippen molar-refractivity contribution in [2.75, 3.05) is 13.1 Å². The molecule has 2 aromatic rings. The van der Waals surface area contributed by atoms with Crippen LogP contribution < -0.4 is 4.74 Å². The summed E-state index contributed by atoms with van der Waals surface area (Å²) in [5, 5.41) is 0. The third-order valence-electron chi connectivity index (χ3n) is 5.74. The van der Waals surface area contributed by atoms with Crippen molar-refractivity contribution in [3.05, 3.63) is 65.2 Å². The summed E-state index contributed by atoms with van der Waals surface area (Å²) in [5.74, 6) is 1.97. The van der Waals surface area contributed by atoms with Gasteiger partial charge in [0.15, 0.2) is 6.10 Å². The normalized spacial score (nSPS) is 16.2. The fraction of sp³-hybridized carbons (Fsp3) is 0.480. The number of amides is 1. The standard InChI is InChI=1S/C25H33NO2/c1-18(2)23-11-10-19(3)16-24(23)28-20(4)25(27)26-14-12-22(13-15-26)17-21-8-6-5-7-9-21/h5-11,16,18,20,22H,12-15,17H2,1-4H3/t20-/m0/s1. The molecule has 1 heterocycles. The molecule has 1 saturated heterocycles. The van der Waals surface area contributed by atoms with Crippen molar-refractivity contribution in [1.82, 2.24) is 4.90 Å². The fourth-order valence-electron chi connectivity index (χ4n) is 4.02. The first-order valence-corrected chi connectivity index (χ1v) is 10.5. The summed E-state index contributed by atoms with van der Waals surface area (Å²) in [5.41, 5.74) is 3.71. The van der Waals surface area contributed by atoms with Crippen molar-refractivity contribution < 1.29 is 9.53 Å². The van der Waals surface area contributed by atoms with Gasteiger partial charge in [-0.2, -0.15) is 0 Å². The van der Waals surface area contributed by atoms with Crippen LogP contribution in [0.4, 0.5) is 0 Å². The van der Waals surface area contributed by atoms with Crippen LogP contribution in [0.3, 0.4) is 0 Å². The molecule has 0 saturated carbocycles. The first-order chi connectivity index (χ1) is 13.4. The van der Waals surface area contributed by atoms with E-state index in [4.69, 9.17) is 4.74 Å². The number of hydrogen-bond donors (Lipinski definition) is 0. The summed E-state index contributed by atoms with van der Waals surface area (Å²) >= 11 is 0. The molecule has 1 aliphatic rings. The van der Waals surface area contributed by atoms with Crippen molar-refractivity contribution >= 4 is 5.91 Å². The Morgan fingerprint density at radius 3 is 2.39 bits per heavy atom. The second-order valence-corrected chi connectivity index (χ2v) is 8.41. The third-order valence-corrected chi connectivity index (χ3v) is 5.74. The van der Waals surface area contributed by atoms with Gasteiger partial charge in [-0.15, -0.1) is 0 Å². The molecule has 3 rings (SSSR count). The minimum atomic E-state index is -0.454. The largest absolute Gasteiger partial charge is 0.481 e. The lowest BCUT2D eigenvalue weighted by Gasteiger charge is -2.34. The predicted molar refractivity (Wildman–Crippen MR) is 115 cm³/mol. The number of aryl methyl sites for hydroxylation is 1. The van der Waals surface area contributed by atoms with Crippen molar-refractivity contribution in [2.45, 2.75) is 59.0 Å². The highest BCUT2D eigenvalue weighted by atomic mass is 16.5. The zero-order valence-corrected chi connectivity index (χ0v) is 17.7. The van der Waals surface area contributed by atoms with Crippen molar-refractivity contribution in [1.29, 1.82) is 0 Å². The number of hydrogen-bond acceptors (Lipinski definition) is 2. The van der Waals surface area contributed by atoms with E-state index >= 15 is 0 Å². The molecule has 0 aliphatic carbocycles. The Kier molecular flexibility index (Phi) is 6.77. The van der Waals surface area contributed by atoms with E-state index in [1.807, 2.05) is 17.9 Å². The molecule has 0 bridgehead atoms. The van der Waals surface area contributed by atoms with Crippen molar-refractivity contribution in [2.24, 2.45) is 5.92 Å². The fourth-order valence-corrected chi connectivity index (χ4v) is 4.02. The molecule has 1 amide bonds. The molecule has 1 fully saturated rings. The van der Waals surface area contributed by atoms with E-state index in [-0.39, 0.29) is 5.91 Å². The smallest absolute Gasteiger partial charge is 0.263 e. The predicted octanol–water partition coefficient (Wildman–Crippen LogP) is 5.37. The maximum atomic E-state index is 12.9. The lowest BCUT2D eigenvalue weighted by Crippen LogP contribution is -2.45. The lowest BCUT2D eigenvalue weighted by molar-refractivity contribution is -0.139. The first-order valence-electron chi connectivity index (χ1n) is 10.5. The quantitative estimate of drug-likeness (QED) is 0.675. The highest BCUT2D eigenvalue weighted by Crippen LogP contribution is 2.29. The molecule has 28 heavy (non-hydrogen) atoms. The number of rotatable bonds is 6. The van der Waals surface area contributed by atoms with Gasteiger partial charge in [-0.05, 0) is 67.7 Å². The summed E-state index contributed by atoms with van der Waals surface area (Å²) in [7, 11) is 0. The zero-order valence-electron chi connectivity index (χ0n) is 17.7. The molecule has 0 unspecified atom stereocenters. The SMILES string of the molecule is Cc1ccc(C(C)C)c(O[C@@H](C)C(=O)N2CCC(Cc3ccccc3)CC2)c1. The Bertz CT molecular complexity index is 776. The van der Waals surface area contributed by atoms with Gasteiger partial charge in [0.25, 0.3) is 5.91 Å². The molecule has 150 valence electrons. The second kappa shape index (κ2) is 9.27. The Labute approximate surface area is 169 Å². The number of piperidine rings is 1. The van der Waals surface area contributed by atoms with E-state index in [0.717, 1.165) is 49.2 Å². The van der Waals surface area contributed by atoms with Gasteiger partial charge in [0.2, 0.25) is 0 Å². The lowest BCUT2D eigenvalue weighted by atomic mass is 9.90. The molecule has 3 nitrogen and oxygen atoms in total. The van der Waals surface area contributed by atoms with Crippen molar-refractivity contribution in [3.63, 3.8) is 0 Å². The molecule has 0 radical (unpaired) electrons. The zero-order chi connectivity index (χ0) is 20.1. The van der Waals surface area contributed by atoms with Gasteiger partial charge in [-0.3, -0.25) is 4.79 Å². The minimum absolute atomic E-state index is 0.106. The van der Waals surface area contributed by atoms with Crippen LogP contribution in [0.1, 0.15) is 56.2 Å². The van der Waals surface area contributed by atoms with Crippen LogP contribution in [0, 0.1) is 12.8 Å². The Morgan fingerprint density at radius 2 is 1.75 bits per heavy atom. The molecule has 0 N–H and O–H groups in total. The van der Waals surface area contributed by atoms with Crippen LogP contribution in [-0.2, 0) is 11.2 Å². The highest BCUT2D eigenvalue weighted by molar-refractivity contribution is 5.81. The number of ether oxygens (including phenoxy) is 1. The summed E-state index contributed by atoms with van der Waals surface area (Å²) in [6.07, 6.45) is 2.78. The molecular formula is C25H33NO2. The van der Waals surface area contributed by atoms with Crippen LogP contribution in [0.25, 0.3) is 0 Å². The van der Waals surface area contributed by atoms with E-state index in [9.17, 15) is 4.79 Å². The van der Waals surface area contributed by atoms with Crippen LogP contribution in [-0.4, -0.2) is 30.0 Å². The van der Waals surface area contributed by atoms with Crippen molar-refractivity contribution in [3.8, 4) is 5.75 Å². The molecule has 1 atom stereocenters. The topological polar surface area (TPSA) is 29.5 Å². The number of nitrogens with zero attached hydrogens (tertiary/aromatic N) is 1. The minimum Gasteiger partial charge on any atom is -0.481 e. The molecule has 2 aromatic carbocycles. The monoisotopic (exact) mass is 379 g/mol. The summed E-state index contributed by atoms with van der Waals surface area (Å²) in [4.78, 5) is 14.9. The molecule has 3 heteroatoms. The van der Waals surface area contributed by atoms with Crippen LogP contribution >= 0.6 is 0 Å². The molecule has 0 aromatic heterocycles. The van der Waals surface area contributed by atoms with E-state index in [0.29, 0.717) is 11.8 Å². The van der Waals surface area contributed by atoms with E-state index in [1.54, 1.807) is 0 Å². The number of benzene rings is 2. The number of likely N-dealkylation sites (tertiary alicyclic amines) is 1. The Balaban J connectivity index is 1.56. The first kappa shape index (κ1) is 20.4. The molecule has 1 aliphatic heterocycles. The summed E-state index contributed by atoms with van der Waals surface area (Å²) < 4.78 is 6.13. The van der Waals surface area contributed by atoms with Gasteiger partial charge in [-0.1, -0.05) is 56.3 Å². The Morgan fingerprint density at radius 1 is 1.07 bits per heavy atom. The van der Waals surface area contributed by atoms with E-state index in [2.05, 4.69) is 63.2 Å².